The van der Waals surface area contributed by atoms with E-state index < -0.39 is 0 Å². The number of nitrogens with one attached hydrogen (secondary N) is 1. The molecule has 2 heteroatoms. The molecule has 0 bridgehead atoms. The van der Waals surface area contributed by atoms with E-state index in [0.29, 0.717) is 11.5 Å². The lowest BCUT2D eigenvalue weighted by Crippen LogP contribution is -2.43. The van der Waals surface area contributed by atoms with E-state index in [1.807, 2.05) is 0 Å². The van der Waals surface area contributed by atoms with E-state index in [0.717, 1.165) is 12.1 Å². The van der Waals surface area contributed by atoms with Gasteiger partial charge in [0.2, 0.25) is 0 Å². The summed E-state index contributed by atoms with van der Waals surface area (Å²) in [4.78, 5) is 2.74. The molecule has 0 spiro atoms. The smallest absolute Gasteiger partial charge is 0.0209 e. The van der Waals surface area contributed by atoms with E-state index in [1.165, 1.54) is 38.8 Å². The summed E-state index contributed by atoms with van der Waals surface area (Å²) in [6.45, 7) is 12.0. The van der Waals surface area contributed by atoms with Gasteiger partial charge in [-0.05, 0) is 24.7 Å². The third-order valence-corrected chi connectivity index (χ3v) is 4.43. The SMILES string of the molecule is CC(C)NC1CCN(C2CCCC2(C)C)C1. The largest absolute Gasteiger partial charge is 0.310 e. The molecular weight excluding hydrogens is 196 g/mol. The third-order valence-electron chi connectivity index (χ3n) is 4.43. The van der Waals surface area contributed by atoms with Gasteiger partial charge in [-0.2, -0.15) is 0 Å². The summed E-state index contributed by atoms with van der Waals surface area (Å²) in [6, 6.07) is 2.20. The van der Waals surface area contributed by atoms with E-state index in [1.54, 1.807) is 0 Å². The lowest BCUT2D eigenvalue weighted by Gasteiger charge is -2.35. The van der Waals surface area contributed by atoms with Crippen LogP contribution in [-0.2, 0) is 0 Å². The molecule has 1 heterocycles. The normalized spacial score (nSPS) is 35.1. The Morgan fingerprint density at radius 3 is 2.56 bits per heavy atom. The highest BCUT2D eigenvalue weighted by molar-refractivity contribution is 4.96. The van der Waals surface area contributed by atoms with Crippen LogP contribution in [0.3, 0.4) is 0 Å². The zero-order chi connectivity index (χ0) is 11.8. The van der Waals surface area contributed by atoms with Crippen LogP contribution in [0.5, 0.6) is 0 Å². The maximum atomic E-state index is 3.68. The number of hydrogen-bond donors (Lipinski definition) is 1. The van der Waals surface area contributed by atoms with Crippen molar-refractivity contribution in [1.29, 1.82) is 0 Å². The highest BCUT2D eigenvalue weighted by Gasteiger charge is 2.40. The first-order chi connectivity index (χ1) is 7.49. The maximum absolute atomic E-state index is 3.68. The fourth-order valence-corrected chi connectivity index (χ4v) is 3.66. The summed E-state index contributed by atoms with van der Waals surface area (Å²) < 4.78 is 0. The first-order valence-electron chi connectivity index (χ1n) is 6.99. The monoisotopic (exact) mass is 224 g/mol. The van der Waals surface area contributed by atoms with E-state index in [2.05, 4.69) is 37.9 Å². The highest BCUT2D eigenvalue weighted by atomic mass is 15.2. The molecule has 0 aromatic carbocycles. The summed E-state index contributed by atoms with van der Waals surface area (Å²) in [5.41, 5.74) is 0.548. The maximum Gasteiger partial charge on any atom is 0.0209 e. The van der Waals surface area contributed by atoms with Crippen molar-refractivity contribution in [2.24, 2.45) is 5.41 Å². The van der Waals surface area contributed by atoms with Gasteiger partial charge in [-0.25, -0.2) is 0 Å². The number of rotatable bonds is 3. The van der Waals surface area contributed by atoms with Gasteiger partial charge in [0.15, 0.2) is 0 Å². The predicted molar refractivity (Wildman–Crippen MR) is 69.7 cm³/mol. The summed E-state index contributed by atoms with van der Waals surface area (Å²) in [6.07, 6.45) is 5.60. The van der Waals surface area contributed by atoms with Crippen molar-refractivity contribution < 1.29 is 0 Å². The molecule has 1 aliphatic heterocycles. The van der Waals surface area contributed by atoms with Gasteiger partial charge in [-0.15, -0.1) is 0 Å². The van der Waals surface area contributed by atoms with Crippen molar-refractivity contribution in [1.82, 2.24) is 10.2 Å². The molecule has 0 aromatic rings. The fourth-order valence-electron chi connectivity index (χ4n) is 3.66. The van der Waals surface area contributed by atoms with Crippen LogP contribution in [0.1, 0.15) is 53.4 Å². The standard InChI is InChI=1S/C14H28N2/c1-11(2)15-12-7-9-16(10-12)13-6-5-8-14(13,3)4/h11-13,15H,5-10H2,1-4H3. The molecule has 16 heavy (non-hydrogen) atoms. The first-order valence-corrected chi connectivity index (χ1v) is 6.99. The van der Waals surface area contributed by atoms with E-state index in [4.69, 9.17) is 0 Å². The minimum Gasteiger partial charge on any atom is -0.310 e. The van der Waals surface area contributed by atoms with Crippen LogP contribution in [0.2, 0.25) is 0 Å². The minimum absolute atomic E-state index is 0.548. The third kappa shape index (κ3) is 2.60. The van der Waals surface area contributed by atoms with E-state index >= 15 is 0 Å². The Kier molecular flexibility index (Phi) is 3.60. The average molecular weight is 224 g/mol. The Morgan fingerprint density at radius 1 is 1.25 bits per heavy atom. The molecule has 2 atom stereocenters. The van der Waals surface area contributed by atoms with Crippen LogP contribution >= 0.6 is 0 Å². The summed E-state index contributed by atoms with van der Waals surface area (Å²) in [5.74, 6) is 0. The lowest BCUT2D eigenvalue weighted by molar-refractivity contribution is 0.137. The van der Waals surface area contributed by atoms with Gasteiger partial charge in [0, 0.05) is 31.2 Å². The molecular formula is C14H28N2. The molecule has 2 unspecified atom stereocenters. The molecule has 2 nitrogen and oxygen atoms in total. The van der Waals surface area contributed by atoms with Crippen molar-refractivity contribution in [3.05, 3.63) is 0 Å². The molecule has 1 saturated carbocycles. The van der Waals surface area contributed by atoms with Crippen LogP contribution in [0.4, 0.5) is 0 Å². The first kappa shape index (κ1) is 12.4. The zero-order valence-corrected chi connectivity index (χ0v) is 11.4. The summed E-state index contributed by atoms with van der Waals surface area (Å²) in [7, 11) is 0. The average Bonchev–Trinajstić information content (AvgIpc) is 2.70. The Bertz CT molecular complexity index is 235. The van der Waals surface area contributed by atoms with Crippen molar-refractivity contribution in [2.75, 3.05) is 13.1 Å². The molecule has 1 N–H and O–H groups in total. The second-order valence-electron chi connectivity index (χ2n) is 6.70. The fraction of sp³-hybridized carbons (Fsp3) is 1.00. The quantitative estimate of drug-likeness (QED) is 0.793. The van der Waals surface area contributed by atoms with Gasteiger partial charge < -0.3 is 5.32 Å². The van der Waals surface area contributed by atoms with Gasteiger partial charge in [0.25, 0.3) is 0 Å². The Labute approximate surface area is 101 Å². The Balaban J connectivity index is 1.88. The van der Waals surface area contributed by atoms with Crippen molar-refractivity contribution in [3.63, 3.8) is 0 Å². The minimum atomic E-state index is 0.548. The van der Waals surface area contributed by atoms with Crippen LogP contribution in [0, 0.1) is 5.41 Å². The summed E-state index contributed by atoms with van der Waals surface area (Å²) in [5, 5.41) is 3.68. The molecule has 0 radical (unpaired) electrons. The predicted octanol–water partition coefficient (Wildman–Crippen LogP) is 2.64. The molecule has 0 amide bonds. The van der Waals surface area contributed by atoms with Crippen LogP contribution in [-0.4, -0.2) is 36.1 Å². The van der Waals surface area contributed by atoms with Gasteiger partial charge in [-0.1, -0.05) is 34.1 Å². The second kappa shape index (κ2) is 4.66. The highest BCUT2D eigenvalue weighted by Crippen LogP contribution is 2.41. The Hall–Kier alpha value is -0.0800. The molecule has 2 aliphatic rings. The topological polar surface area (TPSA) is 15.3 Å². The van der Waals surface area contributed by atoms with Gasteiger partial charge in [0.1, 0.15) is 0 Å². The molecule has 2 fully saturated rings. The molecule has 0 aromatic heterocycles. The molecule has 2 rings (SSSR count). The van der Waals surface area contributed by atoms with E-state index in [-0.39, 0.29) is 0 Å². The number of likely N-dealkylation sites (tertiary alicyclic amines) is 1. The summed E-state index contributed by atoms with van der Waals surface area (Å²) >= 11 is 0. The number of nitrogens with zero attached hydrogens (tertiary/aromatic N) is 1. The van der Waals surface area contributed by atoms with E-state index in [9.17, 15) is 0 Å². The van der Waals surface area contributed by atoms with Crippen LogP contribution in [0.25, 0.3) is 0 Å². The van der Waals surface area contributed by atoms with Crippen LogP contribution in [0.15, 0.2) is 0 Å². The van der Waals surface area contributed by atoms with Gasteiger partial charge in [-0.3, -0.25) is 4.90 Å². The second-order valence-corrected chi connectivity index (χ2v) is 6.70. The van der Waals surface area contributed by atoms with Crippen LogP contribution < -0.4 is 5.32 Å². The lowest BCUT2D eigenvalue weighted by atomic mass is 9.86. The van der Waals surface area contributed by atoms with Crippen molar-refractivity contribution in [3.8, 4) is 0 Å². The van der Waals surface area contributed by atoms with Gasteiger partial charge >= 0.3 is 0 Å². The Morgan fingerprint density at radius 2 is 2.00 bits per heavy atom. The molecule has 1 saturated heterocycles. The molecule has 1 aliphatic carbocycles. The van der Waals surface area contributed by atoms with Gasteiger partial charge in [0.05, 0.1) is 0 Å². The van der Waals surface area contributed by atoms with Crippen molar-refractivity contribution in [2.45, 2.75) is 71.5 Å². The van der Waals surface area contributed by atoms with Crippen molar-refractivity contribution >= 4 is 0 Å². The zero-order valence-electron chi connectivity index (χ0n) is 11.4. The number of hydrogen-bond acceptors (Lipinski definition) is 2. The molecule has 94 valence electrons.